The van der Waals surface area contributed by atoms with E-state index in [1.165, 1.54) is 5.56 Å². The van der Waals surface area contributed by atoms with E-state index in [1.54, 1.807) is 6.07 Å². The fraction of sp³-hybridized carbons (Fsp3) is 0.455. The van der Waals surface area contributed by atoms with Gasteiger partial charge in [0.1, 0.15) is 5.82 Å². The Morgan fingerprint density at radius 3 is 2.85 bits per heavy atom. The van der Waals surface area contributed by atoms with Crippen LogP contribution in [0.5, 0.6) is 0 Å². The first-order chi connectivity index (χ1) is 6.20. The van der Waals surface area contributed by atoms with Gasteiger partial charge in [0, 0.05) is 17.8 Å². The van der Waals surface area contributed by atoms with Gasteiger partial charge in [0.25, 0.3) is 0 Å². The standard InChI is InChI=1S/C11H14FN/c1-7(2)10-9(12)4-3-8-5-6-13-11(8)10/h3-4,7,13H,5-6H2,1-2H3. The molecule has 0 bridgehead atoms. The maximum atomic E-state index is 13.5. The second-order valence-corrected chi connectivity index (χ2v) is 3.83. The highest BCUT2D eigenvalue weighted by Gasteiger charge is 2.19. The molecule has 0 aromatic heterocycles. The van der Waals surface area contributed by atoms with E-state index < -0.39 is 0 Å². The van der Waals surface area contributed by atoms with Gasteiger partial charge >= 0.3 is 0 Å². The van der Waals surface area contributed by atoms with E-state index >= 15 is 0 Å². The van der Waals surface area contributed by atoms with Crippen molar-refractivity contribution < 1.29 is 4.39 Å². The lowest BCUT2D eigenvalue weighted by molar-refractivity contribution is 0.599. The van der Waals surface area contributed by atoms with E-state index in [9.17, 15) is 4.39 Å². The van der Waals surface area contributed by atoms with Crippen LogP contribution in [-0.2, 0) is 6.42 Å². The Kier molecular flexibility index (Phi) is 1.98. The topological polar surface area (TPSA) is 12.0 Å². The quantitative estimate of drug-likeness (QED) is 0.699. The Morgan fingerprint density at radius 1 is 1.38 bits per heavy atom. The largest absolute Gasteiger partial charge is 0.384 e. The van der Waals surface area contributed by atoms with Crippen molar-refractivity contribution in [2.45, 2.75) is 26.2 Å². The van der Waals surface area contributed by atoms with Crippen molar-refractivity contribution in [1.82, 2.24) is 0 Å². The molecule has 1 aromatic rings. The molecule has 1 aliphatic rings. The van der Waals surface area contributed by atoms with Crippen molar-refractivity contribution in [2.24, 2.45) is 0 Å². The number of anilines is 1. The van der Waals surface area contributed by atoms with E-state index in [1.807, 2.05) is 19.9 Å². The predicted octanol–water partition coefficient (Wildman–Crippen LogP) is 2.92. The van der Waals surface area contributed by atoms with Gasteiger partial charge < -0.3 is 5.32 Å². The van der Waals surface area contributed by atoms with Crippen molar-refractivity contribution in [3.63, 3.8) is 0 Å². The molecule has 0 atom stereocenters. The van der Waals surface area contributed by atoms with Crippen LogP contribution in [-0.4, -0.2) is 6.54 Å². The molecular formula is C11H14FN. The highest BCUT2D eigenvalue weighted by Crippen LogP contribution is 2.33. The molecule has 1 aromatic carbocycles. The zero-order valence-electron chi connectivity index (χ0n) is 8.02. The zero-order chi connectivity index (χ0) is 9.42. The third kappa shape index (κ3) is 1.30. The minimum atomic E-state index is -0.0804. The Hall–Kier alpha value is -1.05. The number of rotatable bonds is 1. The summed E-state index contributed by atoms with van der Waals surface area (Å²) in [6, 6.07) is 3.47. The highest BCUT2D eigenvalue weighted by molar-refractivity contribution is 5.62. The van der Waals surface area contributed by atoms with Crippen LogP contribution >= 0.6 is 0 Å². The van der Waals surface area contributed by atoms with Gasteiger partial charge in [-0.05, 0) is 24.0 Å². The smallest absolute Gasteiger partial charge is 0.128 e. The number of benzene rings is 1. The average molecular weight is 179 g/mol. The molecule has 0 unspecified atom stereocenters. The highest BCUT2D eigenvalue weighted by atomic mass is 19.1. The number of nitrogens with one attached hydrogen (secondary N) is 1. The number of fused-ring (bicyclic) bond motifs is 1. The van der Waals surface area contributed by atoms with E-state index in [0.717, 1.165) is 24.2 Å². The van der Waals surface area contributed by atoms with Crippen LogP contribution in [0.15, 0.2) is 12.1 Å². The summed E-state index contributed by atoms with van der Waals surface area (Å²) in [7, 11) is 0. The summed E-state index contributed by atoms with van der Waals surface area (Å²) >= 11 is 0. The summed E-state index contributed by atoms with van der Waals surface area (Å²) in [5.74, 6) is 0.170. The van der Waals surface area contributed by atoms with Gasteiger partial charge in [0.15, 0.2) is 0 Å². The van der Waals surface area contributed by atoms with Crippen molar-refractivity contribution in [1.29, 1.82) is 0 Å². The number of hydrogen-bond acceptors (Lipinski definition) is 1. The molecule has 0 aliphatic carbocycles. The van der Waals surface area contributed by atoms with Crippen LogP contribution in [0.1, 0.15) is 30.9 Å². The molecule has 1 heterocycles. The molecule has 0 saturated carbocycles. The summed E-state index contributed by atoms with van der Waals surface area (Å²) in [4.78, 5) is 0. The number of halogens is 1. The fourth-order valence-corrected chi connectivity index (χ4v) is 1.94. The third-order valence-corrected chi connectivity index (χ3v) is 2.55. The van der Waals surface area contributed by atoms with E-state index in [0.29, 0.717) is 0 Å². The van der Waals surface area contributed by atoms with Gasteiger partial charge in [-0.15, -0.1) is 0 Å². The van der Waals surface area contributed by atoms with Crippen LogP contribution < -0.4 is 5.32 Å². The maximum absolute atomic E-state index is 13.5. The lowest BCUT2D eigenvalue weighted by Crippen LogP contribution is -2.00. The second-order valence-electron chi connectivity index (χ2n) is 3.83. The summed E-state index contributed by atoms with van der Waals surface area (Å²) < 4.78 is 13.5. The van der Waals surface area contributed by atoms with Gasteiger partial charge in [-0.2, -0.15) is 0 Å². The van der Waals surface area contributed by atoms with Crippen LogP contribution in [0.3, 0.4) is 0 Å². The normalized spacial score (nSPS) is 14.5. The molecule has 0 saturated heterocycles. The van der Waals surface area contributed by atoms with Crippen LogP contribution in [0, 0.1) is 5.82 Å². The molecule has 1 N–H and O–H groups in total. The first kappa shape index (κ1) is 8.54. The molecule has 2 rings (SSSR count). The Balaban J connectivity index is 2.58. The molecule has 13 heavy (non-hydrogen) atoms. The van der Waals surface area contributed by atoms with E-state index in [-0.39, 0.29) is 11.7 Å². The lowest BCUT2D eigenvalue weighted by Gasteiger charge is -2.12. The summed E-state index contributed by atoms with van der Waals surface area (Å²) in [5, 5.41) is 3.25. The fourth-order valence-electron chi connectivity index (χ4n) is 1.94. The molecule has 0 amide bonds. The third-order valence-electron chi connectivity index (χ3n) is 2.55. The van der Waals surface area contributed by atoms with Gasteiger partial charge in [-0.1, -0.05) is 19.9 Å². The van der Waals surface area contributed by atoms with E-state index in [4.69, 9.17) is 0 Å². The van der Waals surface area contributed by atoms with E-state index in [2.05, 4.69) is 5.32 Å². The van der Waals surface area contributed by atoms with Crippen molar-refractivity contribution in [3.05, 3.63) is 29.1 Å². The summed E-state index contributed by atoms with van der Waals surface area (Å²) in [6.07, 6.45) is 1.02. The minimum Gasteiger partial charge on any atom is -0.384 e. The van der Waals surface area contributed by atoms with Gasteiger partial charge in [0.05, 0.1) is 0 Å². The molecule has 70 valence electrons. The Morgan fingerprint density at radius 2 is 2.15 bits per heavy atom. The van der Waals surface area contributed by atoms with Gasteiger partial charge in [-0.25, -0.2) is 4.39 Å². The monoisotopic (exact) mass is 179 g/mol. The lowest BCUT2D eigenvalue weighted by atomic mass is 9.98. The maximum Gasteiger partial charge on any atom is 0.128 e. The Labute approximate surface area is 78.0 Å². The zero-order valence-corrected chi connectivity index (χ0v) is 8.02. The second kappa shape index (κ2) is 3.02. The number of hydrogen-bond donors (Lipinski definition) is 1. The molecule has 1 aliphatic heterocycles. The molecule has 0 spiro atoms. The van der Waals surface area contributed by atoms with Crippen LogP contribution in [0.2, 0.25) is 0 Å². The SMILES string of the molecule is CC(C)c1c(F)ccc2c1NCC2. The molecule has 0 radical (unpaired) electrons. The average Bonchev–Trinajstić information content (AvgIpc) is 2.50. The van der Waals surface area contributed by atoms with Gasteiger partial charge in [0.2, 0.25) is 0 Å². The van der Waals surface area contributed by atoms with Crippen molar-refractivity contribution in [2.75, 3.05) is 11.9 Å². The van der Waals surface area contributed by atoms with Crippen molar-refractivity contribution >= 4 is 5.69 Å². The molecule has 0 fully saturated rings. The van der Waals surface area contributed by atoms with Crippen molar-refractivity contribution in [3.8, 4) is 0 Å². The first-order valence-corrected chi connectivity index (χ1v) is 4.75. The first-order valence-electron chi connectivity index (χ1n) is 4.75. The predicted molar refractivity (Wildman–Crippen MR) is 52.7 cm³/mol. The van der Waals surface area contributed by atoms with Crippen LogP contribution in [0.4, 0.5) is 10.1 Å². The van der Waals surface area contributed by atoms with Crippen LogP contribution in [0.25, 0.3) is 0 Å². The minimum absolute atomic E-state index is 0.0804. The Bertz CT molecular complexity index is 331. The molecule has 1 nitrogen and oxygen atoms in total. The molecule has 2 heteroatoms. The van der Waals surface area contributed by atoms with Gasteiger partial charge in [-0.3, -0.25) is 0 Å². The summed E-state index contributed by atoms with van der Waals surface area (Å²) in [6.45, 7) is 5.00. The summed E-state index contributed by atoms with van der Waals surface area (Å²) in [5.41, 5.74) is 3.13. The molecular weight excluding hydrogens is 165 g/mol.